The summed E-state index contributed by atoms with van der Waals surface area (Å²) >= 11 is 3.44. The van der Waals surface area contributed by atoms with E-state index in [0.29, 0.717) is 0 Å². The lowest BCUT2D eigenvalue weighted by molar-refractivity contribution is -0.119. The quantitative estimate of drug-likeness (QED) is 0.947. The molecule has 1 amide bonds. The second-order valence-electron chi connectivity index (χ2n) is 4.12. The first-order valence-electron chi connectivity index (χ1n) is 5.64. The zero-order chi connectivity index (χ0) is 13.1. The Kier molecular flexibility index (Phi) is 3.81. The van der Waals surface area contributed by atoms with E-state index < -0.39 is 0 Å². The molecule has 1 N–H and O–H groups in total. The number of carbonyl (C=O) groups is 1. The van der Waals surface area contributed by atoms with E-state index in [1.165, 1.54) is 0 Å². The molecule has 0 fully saturated rings. The van der Waals surface area contributed by atoms with Crippen molar-refractivity contribution in [2.45, 2.75) is 19.9 Å². The number of benzene rings is 1. The summed E-state index contributed by atoms with van der Waals surface area (Å²) in [6.07, 6.45) is 3.43. The topological polar surface area (TPSA) is 46.9 Å². The molecule has 0 spiro atoms. The first-order chi connectivity index (χ1) is 8.58. The number of hydrogen-bond donors (Lipinski definition) is 1. The number of nitrogens with zero attached hydrogens (tertiary/aromatic N) is 2. The van der Waals surface area contributed by atoms with Crippen LogP contribution in [0, 0.1) is 6.92 Å². The molecule has 0 saturated heterocycles. The number of carbonyl (C=O) groups excluding carboxylic acids is 1. The largest absolute Gasteiger partial charge is 0.324 e. The first kappa shape index (κ1) is 12.8. The van der Waals surface area contributed by atoms with Crippen LogP contribution in [-0.4, -0.2) is 15.7 Å². The van der Waals surface area contributed by atoms with Gasteiger partial charge >= 0.3 is 0 Å². The summed E-state index contributed by atoms with van der Waals surface area (Å²) in [4.78, 5) is 12.0. The van der Waals surface area contributed by atoms with Crippen LogP contribution < -0.4 is 5.32 Å². The molecule has 2 rings (SSSR count). The minimum Gasteiger partial charge on any atom is -0.324 e. The van der Waals surface area contributed by atoms with Gasteiger partial charge in [0.15, 0.2) is 0 Å². The highest BCUT2D eigenvalue weighted by Gasteiger charge is 2.15. The Morgan fingerprint density at radius 1 is 1.50 bits per heavy atom. The minimum absolute atomic E-state index is 0.0885. The van der Waals surface area contributed by atoms with Crippen molar-refractivity contribution in [1.82, 2.24) is 9.78 Å². The van der Waals surface area contributed by atoms with Crippen molar-refractivity contribution in [2.75, 3.05) is 5.32 Å². The zero-order valence-electron chi connectivity index (χ0n) is 10.2. The third-order valence-electron chi connectivity index (χ3n) is 2.74. The molecule has 1 aromatic heterocycles. The maximum absolute atomic E-state index is 12.0. The van der Waals surface area contributed by atoms with E-state index in [0.717, 1.165) is 15.7 Å². The second-order valence-corrected chi connectivity index (χ2v) is 4.97. The van der Waals surface area contributed by atoms with Gasteiger partial charge in [-0.2, -0.15) is 5.10 Å². The molecule has 2 aromatic rings. The molecular formula is C13H14BrN3O. The number of aromatic nitrogens is 2. The highest BCUT2D eigenvalue weighted by atomic mass is 79.9. The molecule has 1 heterocycles. The van der Waals surface area contributed by atoms with Crippen LogP contribution in [0.5, 0.6) is 0 Å². The van der Waals surface area contributed by atoms with Crippen molar-refractivity contribution >= 4 is 27.5 Å². The molecule has 5 heteroatoms. The van der Waals surface area contributed by atoms with Crippen LogP contribution in [0.25, 0.3) is 0 Å². The molecule has 1 atom stereocenters. The number of halogens is 1. The molecule has 0 saturated carbocycles. The van der Waals surface area contributed by atoms with E-state index in [9.17, 15) is 4.79 Å². The van der Waals surface area contributed by atoms with Gasteiger partial charge < -0.3 is 5.32 Å². The van der Waals surface area contributed by atoms with E-state index in [2.05, 4.69) is 26.3 Å². The average molecular weight is 308 g/mol. The first-order valence-corrected chi connectivity index (χ1v) is 6.43. The molecule has 1 unspecified atom stereocenters. The molecule has 18 heavy (non-hydrogen) atoms. The molecular weight excluding hydrogens is 294 g/mol. The zero-order valence-corrected chi connectivity index (χ0v) is 11.8. The van der Waals surface area contributed by atoms with Crippen molar-refractivity contribution < 1.29 is 4.79 Å². The lowest BCUT2D eigenvalue weighted by Gasteiger charge is -2.13. The summed E-state index contributed by atoms with van der Waals surface area (Å²) in [6, 6.07) is 7.20. The van der Waals surface area contributed by atoms with Crippen LogP contribution in [0.4, 0.5) is 5.69 Å². The lowest BCUT2D eigenvalue weighted by atomic mass is 10.2. The Morgan fingerprint density at radius 3 is 2.89 bits per heavy atom. The van der Waals surface area contributed by atoms with Crippen molar-refractivity contribution in [3.05, 3.63) is 46.7 Å². The summed E-state index contributed by atoms with van der Waals surface area (Å²) < 4.78 is 2.60. The maximum Gasteiger partial charge on any atom is 0.248 e. The van der Waals surface area contributed by atoms with E-state index in [1.807, 2.05) is 32.0 Å². The van der Waals surface area contributed by atoms with Gasteiger partial charge in [0.2, 0.25) is 5.91 Å². The molecule has 0 aliphatic rings. The van der Waals surface area contributed by atoms with Crippen molar-refractivity contribution in [3.8, 4) is 0 Å². The number of nitrogens with one attached hydrogen (secondary N) is 1. The lowest BCUT2D eigenvalue weighted by Crippen LogP contribution is -2.23. The fourth-order valence-corrected chi connectivity index (χ4v) is 1.93. The molecule has 0 aliphatic heterocycles. The van der Waals surface area contributed by atoms with Crippen LogP contribution in [-0.2, 0) is 4.79 Å². The van der Waals surface area contributed by atoms with Crippen molar-refractivity contribution in [1.29, 1.82) is 0 Å². The third kappa shape index (κ3) is 2.79. The highest BCUT2D eigenvalue weighted by molar-refractivity contribution is 9.10. The predicted octanol–water partition coefficient (Wildman–Crippen LogP) is 3.15. The van der Waals surface area contributed by atoms with Gasteiger partial charge in [-0.3, -0.25) is 9.48 Å². The normalized spacial score (nSPS) is 12.2. The number of aryl methyl sites for hydroxylation is 1. The van der Waals surface area contributed by atoms with Crippen LogP contribution in [0.3, 0.4) is 0 Å². The number of hydrogen-bond acceptors (Lipinski definition) is 2. The molecule has 4 nitrogen and oxygen atoms in total. The van der Waals surface area contributed by atoms with Gasteiger partial charge in [0.1, 0.15) is 6.04 Å². The van der Waals surface area contributed by atoms with E-state index >= 15 is 0 Å². The molecule has 1 aromatic carbocycles. The Labute approximate surface area is 114 Å². The maximum atomic E-state index is 12.0. The summed E-state index contributed by atoms with van der Waals surface area (Å²) in [6.45, 7) is 3.81. The minimum atomic E-state index is -0.333. The van der Waals surface area contributed by atoms with E-state index in [1.54, 1.807) is 23.1 Å². The fraction of sp³-hybridized carbons (Fsp3) is 0.231. The Balaban J connectivity index is 2.09. The SMILES string of the molecule is Cc1ccc(NC(=O)C(C)n2cccn2)cc1Br. The van der Waals surface area contributed by atoms with Gasteiger partial charge in [-0.1, -0.05) is 22.0 Å². The number of amides is 1. The summed E-state index contributed by atoms with van der Waals surface area (Å²) in [5.41, 5.74) is 1.91. The van der Waals surface area contributed by atoms with Crippen molar-refractivity contribution in [3.63, 3.8) is 0 Å². The van der Waals surface area contributed by atoms with E-state index in [-0.39, 0.29) is 11.9 Å². The Morgan fingerprint density at radius 2 is 2.28 bits per heavy atom. The van der Waals surface area contributed by atoms with Crippen LogP contribution in [0.1, 0.15) is 18.5 Å². The van der Waals surface area contributed by atoms with Crippen LogP contribution in [0.15, 0.2) is 41.1 Å². The predicted molar refractivity (Wildman–Crippen MR) is 74.4 cm³/mol. The Hall–Kier alpha value is -1.62. The van der Waals surface area contributed by atoms with Gasteiger partial charge in [-0.25, -0.2) is 0 Å². The summed E-state index contributed by atoms with van der Waals surface area (Å²) in [7, 11) is 0. The second kappa shape index (κ2) is 5.35. The Bertz CT molecular complexity index is 551. The molecule has 0 radical (unpaired) electrons. The van der Waals surface area contributed by atoms with E-state index in [4.69, 9.17) is 0 Å². The summed E-state index contributed by atoms with van der Waals surface area (Å²) in [5.74, 6) is -0.0885. The fourth-order valence-electron chi connectivity index (χ4n) is 1.55. The van der Waals surface area contributed by atoms with Crippen molar-refractivity contribution in [2.24, 2.45) is 0 Å². The van der Waals surface area contributed by atoms with Crippen LogP contribution in [0.2, 0.25) is 0 Å². The third-order valence-corrected chi connectivity index (χ3v) is 3.59. The number of rotatable bonds is 3. The van der Waals surface area contributed by atoms with Crippen LogP contribution >= 0.6 is 15.9 Å². The highest BCUT2D eigenvalue weighted by Crippen LogP contribution is 2.21. The average Bonchev–Trinajstić information content (AvgIpc) is 2.86. The standard InChI is InChI=1S/C13H14BrN3O/c1-9-4-5-11(8-12(9)14)16-13(18)10(2)17-7-3-6-15-17/h3-8,10H,1-2H3,(H,16,18). The van der Waals surface area contributed by atoms with Gasteiger partial charge in [-0.15, -0.1) is 0 Å². The van der Waals surface area contributed by atoms with Gasteiger partial charge in [0.25, 0.3) is 0 Å². The molecule has 0 aliphatic carbocycles. The smallest absolute Gasteiger partial charge is 0.248 e. The van der Waals surface area contributed by atoms with Gasteiger partial charge in [-0.05, 0) is 37.6 Å². The molecule has 94 valence electrons. The number of anilines is 1. The monoisotopic (exact) mass is 307 g/mol. The summed E-state index contributed by atoms with van der Waals surface area (Å²) in [5, 5.41) is 6.93. The van der Waals surface area contributed by atoms with Gasteiger partial charge in [0.05, 0.1) is 0 Å². The van der Waals surface area contributed by atoms with Gasteiger partial charge in [0, 0.05) is 22.6 Å². The molecule has 0 bridgehead atoms.